The lowest BCUT2D eigenvalue weighted by molar-refractivity contribution is 0.675. The first-order valence-electron chi connectivity index (χ1n) is 5.68. The Labute approximate surface area is 96.4 Å². The Balaban J connectivity index is 1.77. The summed E-state index contributed by atoms with van der Waals surface area (Å²) in [7, 11) is 0. The zero-order chi connectivity index (χ0) is 10.7. The SMILES string of the molecule is CC(CN)CSC1CC1c1ccccc1. The normalized spacial score (nSPS) is 26.3. The van der Waals surface area contributed by atoms with Crippen LogP contribution in [0.25, 0.3) is 0 Å². The second-order valence-electron chi connectivity index (χ2n) is 4.47. The molecule has 0 aliphatic heterocycles. The maximum absolute atomic E-state index is 5.61. The molecule has 1 nitrogen and oxygen atoms in total. The van der Waals surface area contributed by atoms with E-state index < -0.39 is 0 Å². The first-order chi connectivity index (χ1) is 7.31. The van der Waals surface area contributed by atoms with Crippen LogP contribution in [0.5, 0.6) is 0 Å². The zero-order valence-electron chi connectivity index (χ0n) is 9.23. The number of rotatable bonds is 5. The minimum absolute atomic E-state index is 0.659. The third-order valence-electron chi connectivity index (χ3n) is 2.96. The maximum atomic E-state index is 5.61. The summed E-state index contributed by atoms with van der Waals surface area (Å²) < 4.78 is 0. The van der Waals surface area contributed by atoms with Gasteiger partial charge < -0.3 is 5.73 Å². The van der Waals surface area contributed by atoms with Crippen LogP contribution in [-0.2, 0) is 0 Å². The largest absolute Gasteiger partial charge is 0.330 e. The molecule has 0 amide bonds. The van der Waals surface area contributed by atoms with Gasteiger partial charge >= 0.3 is 0 Å². The van der Waals surface area contributed by atoms with Crippen molar-refractivity contribution >= 4 is 11.8 Å². The number of hydrogen-bond donors (Lipinski definition) is 1. The lowest BCUT2D eigenvalue weighted by atomic mass is 10.1. The Morgan fingerprint density at radius 2 is 2.13 bits per heavy atom. The van der Waals surface area contributed by atoms with Gasteiger partial charge in [0.25, 0.3) is 0 Å². The van der Waals surface area contributed by atoms with Crippen molar-refractivity contribution in [1.82, 2.24) is 0 Å². The summed E-state index contributed by atoms with van der Waals surface area (Å²) in [6.45, 7) is 3.04. The van der Waals surface area contributed by atoms with Crippen molar-refractivity contribution in [2.45, 2.75) is 24.5 Å². The summed E-state index contributed by atoms with van der Waals surface area (Å²) in [6, 6.07) is 10.9. The van der Waals surface area contributed by atoms with Gasteiger partial charge in [0.15, 0.2) is 0 Å². The van der Waals surface area contributed by atoms with Crippen molar-refractivity contribution in [3.8, 4) is 0 Å². The van der Waals surface area contributed by atoms with Crippen molar-refractivity contribution < 1.29 is 0 Å². The highest BCUT2D eigenvalue weighted by molar-refractivity contribution is 8.00. The van der Waals surface area contributed by atoms with E-state index >= 15 is 0 Å². The zero-order valence-corrected chi connectivity index (χ0v) is 10.0. The van der Waals surface area contributed by atoms with E-state index in [1.165, 1.54) is 17.7 Å². The molecule has 0 bridgehead atoms. The van der Waals surface area contributed by atoms with Crippen LogP contribution in [0.4, 0.5) is 0 Å². The summed E-state index contributed by atoms with van der Waals surface area (Å²) in [5, 5.41) is 0.849. The molecule has 1 saturated carbocycles. The molecule has 0 radical (unpaired) electrons. The van der Waals surface area contributed by atoms with Gasteiger partial charge in [0.2, 0.25) is 0 Å². The fraction of sp³-hybridized carbons (Fsp3) is 0.538. The van der Waals surface area contributed by atoms with Crippen LogP contribution in [0.15, 0.2) is 30.3 Å². The first kappa shape index (κ1) is 11.0. The molecular weight excluding hydrogens is 202 g/mol. The van der Waals surface area contributed by atoms with Crippen LogP contribution in [-0.4, -0.2) is 17.5 Å². The van der Waals surface area contributed by atoms with Crippen LogP contribution in [0.3, 0.4) is 0 Å². The molecule has 3 atom stereocenters. The Hall–Kier alpha value is -0.470. The van der Waals surface area contributed by atoms with E-state index in [1.807, 2.05) is 0 Å². The van der Waals surface area contributed by atoms with Gasteiger partial charge in [-0.1, -0.05) is 37.3 Å². The Morgan fingerprint density at radius 1 is 1.40 bits per heavy atom. The summed E-state index contributed by atoms with van der Waals surface area (Å²) in [5.74, 6) is 2.68. The second-order valence-corrected chi connectivity index (χ2v) is 5.74. The summed E-state index contributed by atoms with van der Waals surface area (Å²) in [4.78, 5) is 0. The van der Waals surface area contributed by atoms with Crippen molar-refractivity contribution in [3.63, 3.8) is 0 Å². The third-order valence-corrected chi connectivity index (χ3v) is 4.67. The average Bonchev–Trinajstić information content (AvgIpc) is 3.06. The summed E-state index contributed by atoms with van der Waals surface area (Å²) >= 11 is 2.10. The molecule has 0 saturated heterocycles. The van der Waals surface area contributed by atoms with Crippen LogP contribution in [0, 0.1) is 5.92 Å². The van der Waals surface area contributed by atoms with Gasteiger partial charge in [0, 0.05) is 5.25 Å². The Bertz CT molecular complexity index is 299. The molecule has 82 valence electrons. The van der Waals surface area contributed by atoms with E-state index in [0.717, 1.165) is 17.7 Å². The molecule has 1 aromatic carbocycles. The molecule has 1 aliphatic rings. The van der Waals surface area contributed by atoms with Crippen LogP contribution >= 0.6 is 11.8 Å². The van der Waals surface area contributed by atoms with Gasteiger partial charge in [-0.15, -0.1) is 0 Å². The molecule has 2 heteroatoms. The molecule has 2 N–H and O–H groups in total. The lowest BCUT2D eigenvalue weighted by Gasteiger charge is -2.07. The van der Waals surface area contributed by atoms with Gasteiger partial charge in [-0.25, -0.2) is 0 Å². The topological polar surface area (TPSA) is 26.0 Å². The second kappa shape index (κ2) is 5.04. The van der Waals surface area contributed by atoms with Crippen LogP contribution in [0.1, 0.15) is 24.8 Å². The molecule has 1 aromatic rings. The molecular formula is C13H19NS. The molecule has 0 aromatic heterocycles. The number of thioether (sulfide) groups is 1. The summed E-state index contributed by atoms with van der Waals surface area (Å²) in [6.07, 6.45) is 1.35. The molecule has 1 fully saturated rings. The predicted molar refractivity (Wildman–Crippen MR) is 68.3 cm³/mol. The highest BCUT2D eigenvalue weighted by Gasteiger charge is 2.38. The smallest absolute Gasteiger partial charge is 0.0122 e. The minimum Gasteiger partial charge on any atom is -0.330 e. The summed E-state index contributed by atoms with van der Waals surface area (Å²) in [5.41, 5.74) is 7.12. The van der Waals surface area contributed by atoms with Gasteiger partial charge in [-0.05, 0) is 36.1 Å². The minimum atomic E-state index is 0.659. The van der Waals surface area contributed by atoms with E-state index in [2.05, 4.69) is 49.0 Å². The van der Waals surface area contributed by atoms with Crippen LogP contribution < -0.4 is 5.73 Å². The van der Waals surface area contributed by atoms with E-state index in [4.69, 9.17) is 5.73 Å². The number of benzene rings is 1. The highest BCUT2D eigenvalue weighted by atomic mass is 32.2. The first-order valence-corrected chi connectivity index (χ1v) is 6.72. The van der Waals surface area contributed by atoms with Crippen LogP contribution in [0.2, 0.25) is 0 Å². The van der Waals surface area contributed by atoms with Gasteiger partial charge in [0.05, 0.1) is 0 Å². The fourth-order valence-electron chi connectivity index (χ4n) is 1.76. The van der Waals surface area contributed by atoms with E-state index in [-0.39, 0.29) is 0 Å². The average molecular weight is 221 g/mol. The monoisotopic (exact) mass is 221 g/mol. The Kier molecular flexibility index (Phi) is 3.71. The van der Waals surface area contributed by atoms with E-state index in [9.17, 15) is 0 Å². The third kappa shape index (κ3) is 2.99. The van der Waals surface area contributed by atoms with Crippen molar-refractivity contribution in [3.05, 3.63) is 35.9 Å². The van der Waals surface area contributed by atoms with Gasteiger partial charge in [-0.2, -0.15) is 11.8 Å². The Morgan fingerprint density at radius 3 is 2.80 bits per heavy atom. The van der Waals surface area contributed by atoms with Crippen molar-refractivity contribution in [2.24, 2.45) is 11.7 Å². The van der Waals surface area contributed by atoms with Crippen molar-refractivity contribution in [1.29, 1.82) is 0 Å². The van der Waals surface area contributed by atoms with Crippen molar-refractivity contribution in [2.75, 3.05) is 12.3 Å². The fourth-order valence-corrected chi connectivity index (χ4v) is 3.21. The van der Waals surface area contributed by atoms with E-state index in [1.54, 1.807) is 0 Å². The maximum Gasteiger partial charge on any atom is 0.0122 e. The predicted octanol–water partition coefficient (Wildman–Crippen LogP) is 2.87. The van der Waals surface area contributed by atoms with Gasteiger partial charge in [-0.3, -0.25) is 0 Å². The number of hydrogen-bond acceptors (Lipinski definition) is 2. The lowest BCUT2D eigenvalue weighted by Crippen LogP contribution is -2.13. The quantitative estimate of drug-likeness (QED) is 0.827. The van der Waals surface area contributed by atoms with Gasteiger partial charge in [0.1, 0.15) is 0 Å². The molecule has 0 heterocycles. The number of nitrogens with two attached hydrogens (primary N) is 1. The molecule has 2 rings (SSSR count). The molecule has 15 heavy (non-hydrogen) atoms. The van der Waals surface area contributed by atoms with E-state index in [0.29, 0.717) is 5.92 Å². The molecule has 3 unspecified atom stereocenters. The molecule has 1 aliphatic carbocycles. The standard InChI is InChI=1S/C13H19NS/c1-10(8-14)9-15-13-7-12(13)11-5-3-2-4-6-11/h2-6,10,12-13H,7-9,14H2,1H3. The highest BCUT2D eigenvalue weighted by Crippen LogP contribution is 2.49. The molecule has 0 spiro atoms.